The molecule has 0 fully saturated rings. The summed E-state index contributed by atoms with van der Waals surface area (Å²) >= 11 is 0. The van der Waals surface area contributed by atoms with Gasteiger partial charge in [0.25, 0.3) is 12.4 Å². The summed E-state index contributed by atoms with van der Waals surface area (Å²) < 4.78 is 0. The molecule has 0 aromatic carbocycles. The molecule has 0 amide bonds. The van der Waals surface area contributed by atoms with Gasteiger partial charge in [-0.3, -0.25) is 33.6 Å². The van der Waals surface area contributed by atoms with Gasteiger partial charge in [0.1, 0.15) is 0 Å². The van der Waals surface area contributed by atoms with Crippen LogP contribution in [0.1, 0.15) is 79.1 Å². The molecule has 0 radical (unpaired) electrons. The van der Waals surface area contributed by atoms with E-state index in [9.17, 15) is 28.8 Å². The summed E-state index contributed by atoms with van der Waals surface area (Å²) in [6, 6.07) is 0. The number of carboxylic acid groups (broad SMARTS) is 8. The Morgan fingerprint density at radius 3 is 1.00 bits per heavy atom. The van der Waals surface area contributed by atoms with Crippen LogP contribution in [-0.4, -0.2) is 99.8 Å². The van der Waals surface area contributed by atoms with E-state index in [0.717, 1.165) is 26.2 Å². The average molecular weight is 563 g/mol. The first kappa shape index (κ1) is 47.0. The van der Waals surface area contributed by atoms with Crippen LogP contribution in [0.5, 0.6) is 0 Å². The standard InChI is InChI=1S/C6H8O7.C5H10O2.C4H8O2.C3H6O2.C2H4O2.CH2O2/c7-3(8)1-6(13,5(11)12)2-4(9)10;1-2-3-4-5(6)7;1-2-3-4(5)6;1-2-3(4)5;1-2(3)4;2-1-3/h13H,1-2H2,(H,7,8)(H,9,10)(H,11,12);2-4H2,1H3,(H,6,7);2-3H2,1H3,(H,5,6);2H2,1H3,(H,4,5);1H3,(H,3,4);1H,(H,2,3). The van der Waals surface area contributed by atoms with Crippen LogP contribution in [0.15, 0.2) is 0 Å². The summed E-state index contributed by atoms with van der Waals surface area (Å²) in [5, 5.41) is 71.8. The van der Waals surface area contributed by atoms with Gasteiger partial charge in [-0.15, -0.1) is 0 Å². The highest BCUT2D eigenvalue weighted by molar-refractivity contribution is 5.88. The molecule has 17 heteroatoms. The lowest BCUT2D eigenvalue weighted by molar-refractivity contribution is -0.170. The molecule has 0 spiro atoms. The molecule has 0 unspecified atom stereocenters. The van der Waals surface area contributed by atoms with Crippen molar-refractivity contribution >= 4 is 48.3 Å². The lowest BCUT2D eigenvalue weighted by atomic mass is 9.96. The van der Waals surface area contributed by atoms with Gasteiger partial charge < -0.3 is 46.0 Å². The molecule has 17 nitrogen and oxygen atoms in total. The fourth-order valence-corrected chi connectivity index (χ4v) is 1.26. The molecule has 0 atom stereocenters. The van der Waals surface area contributed by atoms with Crippen LogP contribution < -0.4 is 0 Å². The highest BCUT2D eigenvalue weighted by Gasteiger charge is 2.40. The summed E-state index contributed by atoms with van der Waals surface area (Å²) in [4.78, 5) is 76.6. The van der Waals surface area contributed by atoms with Gasteiger partial charge in [0.15, 0.2) is 5.60 Å². The lowest BCUT2D eigenvalue weighted by Crippen LogP contribution is -2.42. The molecule has 224 valence electrons. The van der Waals surface area contributed by atoms with E-state index in [-0.39, 0.29) is 12.9 Å². The molecule has 0 aromatic heterocycles. The Morgan fingerprint density at radius 2 is 0.921 bits per heavy atom. The Morgan fingerprint density at radius 1 is 0.632 bits per heavy atom. The largest absolute Gasteiger partial charge is 0.483 e. The number of unbranched alkanes of at least 4 members (excludes halogenated alkanes) is 1. The van der Waals surface area contributed by atoms with Gasteiger partial charge >= 0.3 is 35.8 Å². The number of aliphatic hydroxyl groups is 1. The van der Waals surface area contributed by atoms with E-state index in [1.54, 1.807) is 6.92 Å². The van der Waals surface area contributed by atoms with Crippen molar-refractivity contribution in [2.75, 3.05) is 0 Å². The van der Waals surface area contributed by atoms with Crippen molar-refractivity contribution in [3.63, 3.8) is 0 Å². The van der Waals surface area contributed by atoms with Gasteiger partial charge in [-0.2, -0.15) is 0 Å². The number of carbonyl (C=O) groups is 8. The molecule has 0 aliphatic rings. The van der Waals surface area contributed by atoms with Crippen LogP contribution in [0.25, 0.3) is 0 Å². The zero-order chi connectivity index (χ0) is 31.9. The van der Waals surface area contributed by atoms with Crippen LogP contribution in [0, 0.1) is 0 Å². The third-order valence-corrected chi connectivity index (χ3v) is 2.80. The summed E-state index contributed by atoms with van der Waals surface area (Å²) in [5.41, 5.74) is -2.74. The van der Waals surface area contributed by atoms with E-state index >= 15 is 0 Å². The molecule has 0 rings (SSSR count). The Hall–Kier alpha value is -4.28. The van der Waals surface area contributed by atoms with E-state index in [1.807, 2.05) is 13.8 Å². The molecule has 38 heavy (non-hydrogen) atoms. The maximum atomic E-state index is 10.3. The SMILES string of the molecule is CC(=O)O.CCC(=O)O.CCCC(=O)O.CCCCC(=O)O.O=C(O)CC(O)(CC(=O)O)C(=O)O.O=CO. The quantitative estimate of drug-likeness (QED) is 0.159. The van der Waals surface area contributed by atoms with Gasteiger partial charge in [-0.05, 0) is 12.8 Å². The Balaban J connectivity index is -0.0000000877. The van der Waals surface area contributed by atoms with E-state index in [0.29, 0.717) is 12.8 Å². The number of hydrogen-bond donors (Lipinski definition) is 9. The third kappa shape index (κ3) is 69.7. The molecule has 0 bridgehead atoms. The van der Waals surface area contributed by atoms with Crippen molar-refractivity contribution in [2.45, 2.75) is 84.7 Å². The van der Waals surface area contributed by atoms with Crippen LogP contribution >= 0.6 is 0 Å². The molecule has 0 aromatic rings. The van der Waals surface area contributed by atoms with Crippen molar-refractivity contribution < 1.29 is 84.3 Å². The highest BCUT2D eigenvalue weighted by atomic mass is 16.4. The van der Waals surface area contributed by atoms with Crippen molar-refractivity contribution in [3.8, 4) is 0 Å². The Labute approximate surface area is 218 Å². The summed E-state index contributed by atoms with van der Waals surface area (Å²) in [7, 11) is 0. The van der Waals surface area contributed by atoms with Crippen LogP contribution in [-0.2, 0) is 38.4 Å². The topological polar surface area (TPSA) is 319 Å². The zero-order valence-electron chi connectivity index (χ0n) is 21.5. The number of rotatable bonds is 11. The second-order valence-corrected chi connectivity index (χ2v) is 6.49. The minimum atomic E-state index is -2.74. The second-order valence-electron chi connectivity index (χ2n) is 6.49. The maximum Gasteiger partial charge on any atom is 0.336 e. The van der Waals surface area contributed by atoms with Gasteiger partial charge in [0.2, 0.25) is 0 Å². The lowest BCUT2D eigenvalue weighted by Gasteiger charge is -2.18. The number of carboxylic acids is 7. The first-order valence-electron chi connectivity index (χ1n) is 10.6. The molecule has 0 saturated carbocycles. The molecule has 0 saturated heterocycles. The van der Waals surface area contributed by atoms with E-state index in [1.165, 1.54) is 0 Å². The van der Waals surface area contributed by atoms with E-state index in [2.05, 4.69) is 0 Å². The smallest absolute Gasteiger partial charge is 0.336 e. The molecular weight excluding hydrogens is 524 g/mol. The van der Waals surface area contributed by atoms with Crippen molar-refractivity contribution in [2.24, 2.45) is 0 Å². The first-order chi connectivity index (χ1) is 17.2. The predicted octanol–water partition coefficient (Wildman–Crippen LogP) is 1.16. The maximum absolute atomic E-state index is 10.3. The third-order valence-electron chi connectivity index (χ3n) is 2.80. The Bertz CT molecular complexity index is 680. The fraction of sp³-hybridized carbons (Fsp3) is 0.619. The minimum Gasteiger partial charge on any atom is -0.483 e. The van der Waals surface area contributed by atoms with Crippen molar-refractivity contribution in [3.05, 3.63) is 0 Å². The fourth-order valence-electron chi connectivity index (χ4n) is 1.26. The van der Waals surface area contributed by atoms with Gasteiger partial charge in [0, 0.05) is 26.2 Å². The summed E-state index contributed by atoms with van der Waals surface area (Å²) in [5.74, 6) is -8.00. The normalized spacial score (nSPS) is 8.55. The van der Waals surface area contributed by atoms with Crippen molar-refractivity contribution in [1.82, 2.24) is 0 Å². The van der Waals surface area contributed by atoms with Crippen molar-refractivity contribution in [1.29, 1.82) is 0 Å². The van der Waals surface area contributed by atoms with Gasteiger partial charge in [-0.1, -0.05) is 27.2 Å². The predicted molar refractivity (Wildman–Crippen MR) is 127 cm³/mol. The highest BCUT2D eigenvalue weighted by Crippen LogP contribution is 2.15. The molecule has 0 heterocycles. The minimum absolute atomic E-state index is 0.222. The molecule has 0 aliphatic carbocycles. The Kier molecular flexibility index (Phi) is 40.5. The molecule has 9 N–H and O–H groups in total. The molecular formula is C21H38O17. The van der Waals surface area contributed by atoms with Crippen LogP contribution in [0.2, 0.25) is 0 Å². The first-order valence-corrected chi connectivity index (χ1v) is 10.6. The summed E-state index contributed by atoms with van der Waals surface area (Å²) in [6.45, 7) is 6.25. The average Bonchev–Trinajstić information content (AvgIpc) is 2.72. The monoisotopic (exact) mass is 562 g/mol. The van der Waals surface area contributed by atoms with E-state index in [4.69, 9.17) is 55.5 Å². The number of aliphatic carboxylic acids is 7. The second kappa shape index (κ2) is 32.7. The van der Waals surface area contributed by atoms with E-state index < -0.39 is 60.2 Å². The zero-order valence-corrected chi connectivity index (χ0v) is 21.5. The summed E-state index contributed by atoms with van der Waals surface area (Å²) in [6.07, 6.45) is 1.04. The van der Waals surface area contributed by atoms with Crippen LogP contribution in [0.4, 0.5) is 0 Å². The van der Waals surface area contributed by atoms with Gasteiger partial charge in [0.05, 0.1) is 12.8 Å². The molecule has 0 aliphatic heterocycles. The number of hydrogen-bond acceptors (Lipinski definition) is 9. The van der Waals surface area contributed by atoms with Gasteiger partial charge in [-0.25, -0.2) is 4.79 Å². The van der Waals surface area contributed by atoms with Crippen LogP contribution in [0.3, 0.4) is 0 Å².